The molecular weight excluding hydrogens is 568 g/mol. The van der Waals surface area contributed by atoms with Crippen molar-refractivity contribution in [2.45, 2.75) is 0 Å². The molecule has 4 aromatic heterocycles. The van der Waals surface area contributed by atoms with Gasteiger partial charge in [-0.15, -0.1) is 0 Å². The highest BCUT2D eigenvalue weighted by Gasteiger charge is 2.21. The molecule has 6 aromatic carbocycles. The van der Waals surface area contributed by atoms with Gasteiger partial charge in [-0.3, -0.25) is 0 Å². The SMILES string of the molecule is c1ccc2cc(-c3nc(-c4cccc5c4oc4ccccc45)nc(-c4cccc5c4oc4ncc6ccccc6c45)n3)ccc2c1. The zero-order valence-electron chi connectivity index (χ0n) is 24.3. The van der Waals surface area contributed by atoms with Crippen molar-refractivity contribution >= 4 is 65.6 Å². The van der Waals surface area contributed by atoms with E-state index in [1.165, 1.54) is 0 Å². The maximum atomic E-state index is 6.48. The number of hydrogen-bond acceptors (Lipinski definition) is 6. The van der Waals surface area contributed by atoms with Gasteiger partial charge in [-0.1, -0.05) is 103 Å². The van der Waals surface area contributed by atoms with Gasteiger partial charge < -0.3 is 8.83 Å². The molecule has 0 aliphatic carbocycles. The fourth-order valence-electron chi connectivity index (χ4n) is 6.60. The third-order valence-electron chi connectivity index (χ3n) is 8.78. The average Bonchev–Trinajstić information content (AvgIpc) is 3.70. The summed E-state index contributed by atoms with van der Waals surface area (Å²) in [5.41, 5.74) is 5.28. The van der Waals surface area contributed by atoms with Crippen molar-refractivity contribution in [3.8, 4) is 34.2 Å². The Morgan fingerprint density at radius 3 is 1.89 bits per heavy atom. The van der Waals surface area contributed by atoms with Gasteiger partial charge in [0, 0.05) is 33.3 Å². The second-order valence-electron chi connectivity index (χ2n) is 11.5. The van der Waals surface area contributed by atoms with Gasteiger partial charge in [0.2, 0.25) is 5.71 Å². The lowest BCUT2D eigenvalue weighted by Gasteiger charge is -2.10. The molecule has 0 radical (unpaired) electrons. The Hall–Kier alpha value is -6.40. The molecule has 0 N–H and O–H groups in total. The lowest BCUT2D eigenvalue weighted by atomic mass is 10.0. The third-order valence-corrected chi connectivity index (χ3v) is 8.78. The molecular formula is C40H22N4O2. The molecule has 0 bridgehead atoms. The molecule has 0 aliphatic heterocycles. The van der Waals surface area contributed by atoms with Crippen LogP contribution in [0.5, 0.6) is 0 Å². The van der Waals surface area contributed by atoms with Crippen molar-refractivity contribution in [3.63, 3.8) is 0 Å². The lowest BCUT2D eigenvalue weighted by molar-refractivity contribution is 0.655. The summed E-state index contributed by atoms with van der Waals surface area (Å²) in [5, 5.41) is 8.42. The van der Waals surface area contributed by atoms with Crippen LogP contribution in [0.15, 0.2) is 142 Å². The van der Waals surface area contributed by atoms with E-state index in [1.807, 2.05) is 72.9 Å². The molecule has 4 heterocycles. The molecule has 6 heteroatoms. The summed E-state index contributed by atoms with van der Waals surface area (Å²) >= 11 is 0. The van der Waals surface area contributed by atoms with Gasteiger partial charge in [-0.2, -0.15) is 0 Å². The number of fused-ring (bicyclic) bond motifs is 9. The second-order valence-corrected chi connectivity index (χ2v) is 11.5. The molecule has 6 nitrogen and oxygen atoms in total. The first kappa shape index (κ1) is 25.0. The van der Waals surface area contributed by atoms with Crippen LogP contribution in [0.2, 0.25) is 0 Å². The summed E-state index contributed by atoms with van der Waals surface area (Å²) < 4.78 is 12.9. The van der Waals surface area contributed by atoms with Crippen LogP contribution in [0, 0.1) is 0 Å². The van der Waals surface area contributed by atoms with Gasteiger partial charge in [0.25, 0.3) is 0 Å². The quantitative estimate of drug-likeness (QED) is 0.204. The number of para-hydroxylation sites is 3. The van der Waals surface area contributed by atoms with E-state index in [4.69, 9.17) is 23.8 Å². The number of pyridine rings is 1. The minimum Gasteiger partial charge on any atom is -0.455 e. The summed E-state index contributed by atoms with van der Waals surface area (Å²) in [5.74, 6) is 1.60. The van der Waals surface area contributed by atoms with E-state index >= 15 is 0 Å². The summed E-state index contributed by atoms with van der Waals surface area (Å²) in [4.78, 5) is 19.9. The molecule has 0 fully saturated rings. The van der Waals surface area contributed by atoms with Crippen LogP contribution in [0.1, 0.15) is 0 Å². The van der Waals surface area contributed by atoms with E-state index in [0.29, 0.717) is 28.8 Å². The minimum atomic E-state index is 0.509. The molecule has 10 rings (SSSR count). The molecule has 0 aliphatic rings. The van der Waals surface area contributed by atoms with Gasteiger partial charge >= 0.3 is 0 Å². The number of nitrogens with zero attached hydrogens (tertiary/aromatic N) is 4. The van der Waals surface area contributed by atoms with Crippen LogP contribution in [0.4, 0.5) is 0 Å². The minimum absolute atomic E-state index is 0.509. The average molecular weight is 591 g/mol. The molecule has 0 amide bonds. The van der Waals surface area contributed by atoms with Crippen LogP contribution in [-0.4, -0.2) is 19.9 Å². The smallest absolute Gasteiger partial charge is 0.227 e. The second kappa shape index (κ2) is 9.55. The maximum Gasteiger partial charge on any atom is 0.227 e. The highest BCUT2D eigenvalue weighted by atomic mass is 16.3. The standard InChI is InChI=1S/C40H22N4O2/c1-2-10-24-21-25(20-19-23(24)9-1)37-42-38(31-16-7-14-29-28-13-5-6-18-33(28)45-35(29)31)44-39(43-37)32-17-8-15-30-34-27-12-4-3-11-26(27)22-41-40(34)46-36(30)32/h1-22H. The predicted molar refractivity (Wildman–Crippen MR) is 183 cm³/mol. The first-order chi connectivity index (χ1) is 22.8. The van der Waals surface area contributed by atoms with Crippen molar-refractivity contribution in [1.82, 2.24) is 19.9 Å². The highest BCUT2D eigenvalue weighted by molar-refractivity contribution is 6.19. The van der Waals surface area contributed by atoms with Crippen LogP contribution >= 0.6 is 0 Å². The lowest BCUT2D eigenvalue weighted by Crippen LogP contribution is -2.00. The molecule has 0 saturated carbocycles. The van der Waals surface area contributed by atoms with Crippen LogP contribution in [0.25, 0.3) is 99.7 Å². The summed E-state index contributed by atoms with van der Waals surface area (Å²) in [6, 6.07) is 43.1. The number of hydrogen-bond donors (Lipinski definition) is 0. The van der Waals surface area contributed by atoms with E-state index in [9.17, 15) is 0 Å². The number of benzene rings is 6. The van der Waals surface area contributed by atoms with Gasteiger partial charge in [0.1, 0.15) is 16.7 Å². The summed E-state index contributed by atoms with van der Waals surface area (Å²) in [7, 11) is 0. The topological polar surface area (TPSA) is 77.8 Å². The van der Waals surface area contributed by atoms with Crippen molar-refractivity contribution in [2.24, 2.45) is 0 Å². The first-order valence-corrected chi connectivity index (χ1v) is 15.1. The molecule has 0 spiro atoms. The van der Waals surface area contributed by atoms with Gasteiger partial charge in [-0.05, 0) is 40.4 Å². The van der Waals surface area contributed by atoms with E-state index in [-0.39, 0.29) is 0 Å². The van der Waals surface area contributed by atoms with Crippen molar-refractivity contribution < 1.29 is 8.83 Å². The molecule has 0 saturated heterocycles. The van der Waals surface area contributed by atoms with Crippen molar-refractivity contribution in [3.05, 3.63) is 134 Å². The third kappa shape index (κ3) is 3.70. The van der Waals surface area contributed by atoms with Gasteiger partial charge in [-0.25, -0.2) is 19.9 Å². The monoisotopic (exact) mass is 590 g/mol. The Bertz CT molecular complexity index is 2830. The number of furan rings is 2. The maximum absolute atomic E-state index is 6.48. The van der Waals surface area contributed by atoms with Crippen molar-refractivity contribution in [2.75, 3.05) is 0 Å². The Kier molecular flexibility index (Phi) is 5.19. The molecule has 46 heavy (non-hydrogen) atoms. The largest absolute Gasteiger partial charge is 0.455 e. The zero-order chi connectivity index (χ0) is 30.2. The molecule has 0 unspecified atom stereocenters. The van der Waals surface area contributed by atoms with Gasteiger partial charge in [0.05, 0.1) is 16.5 Å². The van der Waals surface area contributed by atoms with E-state index < -0.39 is 0 Å². The fourth-order valence-corrected chi connectivity index (χ4v) is 6.60. The first-order valence-electron chi connectivity index (χ1n) is 15.1. The summed E-state index contributed by atoms with van der Waals surface area (Å²) in [6.07, 6.45) is 1.85. The van der Waals surface area contributed by atoms with E-state index in [2.05, 4.69) is 65.6 Å². The predicted octanol–water partition coefficient (Wildman–Crippen LogP) is 10.4. The van der Waals surface area contributed by atoms with Crippen molar-refractivity contribution in [1.29, 1.82) is 0 Å². The number of rotatable bonds is 3. The van der Waals surface area contributed by atoms with Gasteiger partial charge in [0.15, 0.2) is 17.5 Å². The normalized spacial score (nSPS) is 11.9. The highest BCUT2D eigenvalue weighted by Crippen LogP contribution is 2.39. The Balaban J connectivity index is 1.26. The Labute approximate surface area is 261 Å². The Morgan fingerprint density at radius 2 is 1.07 bits per heavy atom. The fraction of sp³-hybridized carbons (Fsp3) is 0. The molecule has 10 aromatic rings. The van der Waals surface area contributed by atoms with Crippen LogP contribution < -0.4 is 0 Å². The van der Waals surface area contributed by atoms with E-state index in [0.717, 1.165) is 70.9 Å². The summed E-state index contributed by atoms with van der Waals surface area (Å²) in [6.45, 7) is 0. The molecule has 0 atom stereocenters. The Morgan fingerprint density at radius 1 is 0.435 bits per heavy atom. The van der Waals surface area contributed by atoms with Crippen LogP contribution in [-0.2, 0) is 0 Å². The number of aromatic nitrogens is 4. The van der Waals surface area contributed by atoms with Crippen LogP contribution in [0.3, 0.4) is 0 Å². The van der Waals surface area contributed by atoms with E-state index in [1.54, 1.807) is 0 Å². The zero-order valence-corrected chi connectivity index (χ0v) is 24.3. The molecule has 214 valence electrons.